The molecule has 0 N–H and O–H groups in total. The predicted octanol–water partition coefficient (Wildman–Crippen LogP) is 7.16. The summed E-state index contributed by atoms with van der Waals surface area (Å²) in [4.78, 5) is 11.8. The van der Waals surface area contributed by atoms with Crippen LogP contribution in [0.15, 0.2) is 48.5 Å². The fourth-order valence-electron chi connectivity index (χ4n) is 3.04. The third-order valence-electron chi connectivity index (χ3n) is 4.67. The molecule has 0 amide bonds. The highest BCUT2D eigenvalue weighted by Crippen LogP contribution is 2.27. The Kier molecular flexibility index (Phi) is 10.5. The lowest BCUT2D eigenvalue weighted by Gasteiger charge is -2.12. The van der Waals surface area contributed by atoms with Crippen molar-refractivity contribution >= 4 is 16.8 Å². The van der Waals surface area contributed by atoms with Crippen molar-refractivity contribution in [2.24, 2.45) is 0 Å². The average Bonchev–Trinajstić information content (AvgIpc) is 2.72. The normalized spacial score (nSPS) is 10.6. The standard InChI is InChI=1S/C24H31ClO3/c1-2-3-4-5-6-7-8-12-17-27-21-15-16-23(22(18-21)24(25)26)28-19-20-13-10-9-11-14-20/h9-11,13-16,18H,2-8,12,17,19H2,1H3. The van der Waals surface area contributed by atoms with E-state index in [0.717, 1.165) is 12.0 Å². The Morgan fingerprint density at radius 2 is 1.54 bits per heavy atom. The van der Waals surface area contributed by atoms with Gasteiger partial charge in [-0.3, -0.25) is 4.79 Å². The fraction of sp³-hybridized carbons (Fsp3) is 0.458. The van der Waals surface area contributed by atoms with Gasteiger partial charge in [-0.15, -0.1) is 0 Å². The molecule has 3 nitrogen and oxygen atoms in total. The first-order valence-corrected chi connectivity index (χ1v) is 10.7. The molecule has 28 heavy (non-hydrogen) atoms. The second kappa shape index (κ2) is 13.2. The summed E-state index contributed by atoms with van der Waals surface area (Å²) in [5, 5.41) is -0.541. The second-order valence-electron chi connectivity index (χ2n) is 7.03. The number of ether oxygens (including phenoxy) is 2. The second-order valence-corrected chi connectivity index (χ2v) is 7.37. The fourth-order valence-corrected chi connectivity index (χ4v) is 3.19. The lowest BCUT2D eigenvalue weighted by Crippen LogP contribution is -2.03. The quantitative estimate of drug-likeness (QED) is 0.248. The topological polar surface area (TPSA) is 35.5 Å². The van der Waals surface area contributed by atoms with Gasteiger partial charge in [-0.1, -0.05) is 82.2 Å². The molecule has 2 rings (SSSR count). The van der Waals surface area contributed by atoms with Crippen LogP contribution in [0.2, 0.25) is 0 Å². The number of carbonyl (C=O) groups excluding carboxylic acids is 1. The molecule has 0 aliphatic rings. The van der Waals surface area contributed by atoms with Crippen LogP contribution >= 0.6 is 11.6 Å². The summed E-state index contributed by atoms with van der Waals surface area (Å²) in [5.41, 5.74) is 1.37. The van der Waals surface area contributed by atoms with Gasteiger partial charge in [0.2, 0.25) is 0 Å². The van der Waals surface area contributed by atoms with Crippen LogP contribution in [-0.2, 0) is 6.61 Å². The Bertz CT molecular complexity index is 700. The molecule has 0 spiro atoms. The molecule has 0 fully saturated rings. The van der Waals surface area contributed by atoms with E-state index in [9.17, 15) is 4.79 Å². The molecule has 0 saturated carbocycles. The van der Waals surface area contributed by atoms with Gasteiger partial charge in [0.05, 0.1) is 12.2 Å². The van der Waals surface area contributed by atoms with Crippen molar-refractivity contribution in [1.29, 1.82) is 0 Å². The minimum absolute atomic E-state index is 0.339. The van der Waals surface area contributed by atoms with Crippen molar-refractivity contribution in [3.8, 4) is 11.5 Å². The molecule has 0 aliphatic heterocycles. The van der Waals surface area contributed by atoms with Gasteiger partial charge in [-0.05, 0) is 41.8 Å². The van der Waals surface area contributed by atoms with E-state index in [2.05, 4.69) is 6.92 Å². The Balaban J connectivity index is 1.76. The van der Waals surface area contributed by atoms with E-state index < -0.39 is 5.24 Å². The van der Waals surface area contributed by atoms with Crippen molar-refractivity contribution in [3.63, 3.8) is 0 Å². The molecule has 0 bridgehead atoms. The summed E-state index contributed by atoms with van der Waals surface area (Å²) in [6, 6.07) is 15.1. The number of carbonyl (C=O) groups is 1. The Morgan fingerprint density at radius 1 is 0.857 bits per heavy atom. The molecule has 0 aliphatic carbocycles. The third-order valence-corrected chi connectivity index (χ3v) is 4.87. The number of unbranched alkanes of at least 4 members (excludes halogenated alkanes) is 7. The van der Waals surface area contributed by atoms with Gasteiger partial charge in [0, 0.05) is 0 Å². The number of rotatable bonds is 14. The minimum atomic E-state index is -0.541. The molecular weight excluding hydrogens is 372 g/mol. The van der Waals surface area contributed by atoms with Gasteiger partial charge >= 0.3 is 0 Å². The maximum absolute atomic E-state index is 11.8. The summed E-state index contributed by atoms with van der Waals surface area (Å²) in [5.74, 6) is 1.13. The number of hydrogen-bond acceptors (Lipinski definition) is 3. The Labute approximate surface area is 174 Å². The molecule has 2 aromatic rings. The first kappa shape index (κ1) is 22.3. The van der Waals surface area contributed by atoms with E-state index >= 15 is 0 Å². The molecule has 0 unspecified atom stereocenters. The van der Waals surface area contributed by atoms with Crippen molar-refractivity contribution in [3.05, 3.63) is 59.7 Å². The van der Waals surface area contributed by atoms with Crippen LogP contribution in [0.1, 0.15) is 74.2 Å². The van der Waals surface area contributed by atoms with Gasteiger partial charge < -0.3 is 9.47 Å². The summed E-state index contributed by atoms with van der Waals surface area (Å²) < 4.78 is 11.6. The highest BCUT2D eigenvalue weighted by molar-refractivity contribution is 6.68. The average molecular weight is 403 g/mol. The lowest BCUT2D eigenvalue weighted by molar-refractivity contribution is 0.107. The smallest absolute Gasteiger partial charge is 0.256 e. The number of halogens is 1. The van der Waals surface area contributed by atoms with Crippen LogP contribution in [0.3, 0.4) is 0 Å². The van der Waals surface area contributed by atoms with Crippen LogP contribution in [0, 0.1) is 0 Å². The van der Waals surface area contributed by atoms with Gasteiger partial charge in [-0.25, -0.2) is 0 Å². The maximum atomic E-state index is 11.8. The first-order chi connectivity index (χ1) is 13.7. The molecule has 0 saturated heterocycles. The summed E-state index contributed by atoms with van der Waals surface area (Å²) in [6.07, 6.45) is 10.1. The van der Waals surface area contributed by atoms with Crippen LogP contribution in [-0.4, -0.2) is 11.8 Å². The predicted molar refractivity (Wildman–Crippen MR) is 116 cm³/mol. The van der Waals surface area contributed by atoms with Crippen molar-refractivity contribution in [2.75, 3.05) is 6.61 Å². The molecule has 152 valence electrons. The summed E-state index contributed by atoms with van der Waals surface area (Å²) in [7, 11) is 0. The van der Waals surface area contributed by atoms with E-state index in [0.29, 0.717) is 30.3 Å². The zero-order chi connectivity index (χ0) is 20.0. The van der Waals surface area contributed by atoms with Crippen molar-refractivity contribution < 1.29 is 14.3 Å². The Hall–Kier alpha value is -2.00. The van der Waals surface area contributed by atoms with Gasteiger partial charge in [0.25, 0.3) is 5.24 Å². The van der Waals surface area contributed by atoms with Crippen molar-refractivity contribution in [2.45, 2.75) is 64.9 Å². The van der Waals surface area contributed by atoms with E-state index in [1.807, 2.05) is 36.4 Å². The van der Waals surface area contributed by atoms with E-state index in [1.165, 1.54) is 44.9 Å². The maximum Gasteiger partial charge on any atom is 0.256 e. The highest BCUT2D eigenvalue weighted by atomic mass is 35.5. The largest absolute Gasteiger partial charge is 0.494 e. The SMILES string of the molecule is CCCCCCCCCCOc1ccc(OCc2ccccc2)c(C(=O)Cl)c1. The van der Waals surface area contributed by atoms with E-state index in [-0.39, 0.29) is 0 Å². The monoisotopic (exact) mass is 402 g/mol. The highest BCUT2D eigenvalue weighted by Gasteiger charge is 2.12. The van der Waals surface area contributed by atoms with E-state index in [1.54, 1.807) is 12.1 Å². The number of hydrogen-bond donors (Lipinski definition) is 0. The first-order valence-electron chi connectivity index (χ1n) is 10.3. The lowest BCUT2D eigenvalue weighted by atomic mass is 10.1. The van der Waals surface area contributed by atoms with Gasteiger partial charge in [0.15, 0.2) is 0 Å². The zero-order valence-corrected chi connectivity index (χ0v) is 17.5. The molecule has 0 radical (unpaired) electrons. The molecule has 0 atom stereocenters. The molecule has 0 aromatic heterocycles. The van der Waals surface area contributed by atoms with Crippen molar-refractivity contribution in [1.82, 2.24) is 0 Å². The Morgan fingerprint density at radius 3 is 2.21 bits per heavy atom. The van der Waals surface area contributed by atoms with Crippen LogP contribution in [0.25, 0.3) is 0 Å². The van der Waals surface area contributed by atoms with Crippen LogP contribution in [0.5, 0.6) is 11.5 Å². The third kappa shape index (κ3) is 8.35. The summed E-state index contributed by atoms with van der Waals surface area (Å²) in [6.45, 7) is 3.27. The molecule has 2 aromatic carbocycles. The molecular formula is C24H31ClO3. The van der Waals surface area contributed by atoms with Gasteiger partial charge in [0.1, 0.15) is 18.1 Å². The van der Waals surface area contributed by atoms with Crippen LogP contribution in [0.4, 0.5) is 0 Å². The van der Waals surface area contributed by atoms with Gasteiger partial charge in [-0.2, -0.15) is 0 Å². The van der Waals surface area contributed by atoms with E-state index in [4.69, 9.17) is 21.1 Å². The zero-order valence-electron chi connectivity index (χ0n) is 16.8. The van der Waals surface area contributed by atoms with Crippen LogP contribution < -0.4 is 9.47 Å². The minimum Gasteiger partial charge on any atom is -0.494 e. The molecule has 4 heteroatoms. The summed E-state index contributed by atoms with van der Waals surface area (Å²) >= 11 is 5.74. The number of benzene rings is 2. The molecule has 0 heterocycles.